The molecule has 0 bridgehead atoms. The van der Waals surface area contributed by atoms with E-state index in [4.69, 9.17) is 37.0 Å². The first-order valence-corrected chi connectivity index (χ1v) is 45.9. The van der Waals surface area contributed by atoms with Crippen LogP contribution in [0.1, 0.15) is 434 Å². The molecule has 0 aromatic carbocycles. The number of carbonyl (C=O) groups is 4. The van der Waals surface area contributed by atoms with Gasteiger partial charge in [-0.2, -0.15) is 0 Å². The van der Waals surface area contributed by atoms with Gasteiger partial charge in [-0.05, 0) is 43.4 Å². The smallest absolute Gasteiger partial charge is 0.462 e. The predicted octanol–water partition coefficient (Wildman–Crippen LogP) is 24.9. The third-order valence-electron chi connectivity index (χ3n) is 19.7. The van der Waals surface area contributed by atoms with Crippen molar-refractivity contribution < 1.29 is 80.2 Å². The average molecular weight is 1490 g/mol. The fourth-order valence-electron chi connectivity index (χ4n) is 12.8. The molecule has 0 aliphatic rings. The topological polar surface area (TPSA) is 237 Å². The van der Waals surface area contributed by atoms with E-state index in [9.17, 15) is 43.2 Å². The maximum Gasteiger partial charge on any atom is 0.472 e. The molecule has 102 heavy (non-hydrogen) atoms. The number of aliphatic hydroxyl groups excluding tert-OH is 1. The summed E-state index contributed by atoms with van der Waals surface area (Å²) in [5.41, 5.74) is 0. The molecule has 19 heteroatoms. The second kappa shape index (κ2) is 73.2. The maximum atomic E-state index is 13.1. The van der Waals surface area contributed by atoms with Gasteiger partial charge in [0.15, 0.2) is 12.2 Å². The first-order chi connectivity index (χ1) is 49.3. The van der Waals surface area contributed by atoms with E-state index in [1.54, 1.807) is 0 Å². The largest absolute Gasteiger partial charge is 0.472 e. The number of carbonyl (C=O) groups excluding carboxylic acids is 4. The number of rotatable bonds is 81. The third kappa shape index (κ3) is 74.9. The molecule has 17 nitrogen and oxygen atoms in total. The minimum Gasteiger partial charge on any atom is -0.462 e. The van der Waals surface area contributed by atoms with Gasteiger partial charge in [-0.1, -0.05) is 382 Å². The second-order valence-electron chi connectivity index (χ2n) is 31.1. The zero-order valence-corrected chi connectivity index (χ0v) is 68.9. The lowest BCUT2D eigenvalue weighted by Gasteiger charge is -2.21. The number of phosphoric ester groups is 2. The summed E-state index contributed by atoms with van der Waals surface area (Å²) in [6.45, 7) is 12.0. The highest BCUT2D eigenvalue weighted by Crippen LogP contribution is 2.45. The molecular weight excluding hydrogens is 1330 g/mol. The van der Waals surface area contributed by atoms with Crippen LogP contribution < -0.4 is 0 Å². The van der Waals surface area contributed by atoms with Crippen LogP contribution in [0.25, 0.3) is 0 Å². The summed E-state index contributed by atoms with van der Waals surface area (Å²) in [5, 5.41) is 10.7. The minimum absolute atomic E-state index is 0.106. The molecule has 0 saturated heterocycles. The van der Waals surface area contributed by atoms with Crippen LogP contribution in [-0.4, -0.2) is 96.7 Å². The lowest BCUT2D eigenvalue weighted by Crippen LogP contribution is -2.30. The van der Waals surface area contributed by atoms with Crippen molar-refractivity contribution in [3.63, 3.8) is 0 Å². The van der Waals surface area contributed by atoms with E-state index >= 15 is 0 Å². The van der Waals surface area contributed by atoms with Gasteiger partial charge in [-0.3, -0.25) is 37.3 Å². The fourth-order valence-corrected chi connectivity index (χ4v) is 14.4. The van der Waals surface area contributed by atoms with Gasteiger partial charge in [-0.15, -0.1) is 0 Å². The summed E-state index contributed by atoms with van der Waals surface area (Å²) >= 11 is 0. The van der Waals surface area contributed by atoms with Crippen molar-refractivity contribution in [3.8, 4) is 0 Å². The van der Waals surface area contributed by atoms with E-state index in [0.29, 0.717) is 25.7 Å². The quantitative estimate of drug-likeness (QED) is 0.0222. The summed E-state index contributed by atoms with van der Waals surface area (Å²) in [5.74, 6) is 0.256. The van der Waals surface area contributed by atoms with Crippen molar-refractivity contribution in [3.05, 3.63) is 0 Å². The number of unbranched alkanes of at least 4 members (excludes halogenated alkanes) is 48. The van der Waals surface area contributed by atoms with E-state index in [2.05, 4.69) is 48.5 Å². The second-order valence-corrected chi connectivity index (χ2v) is 34.0. The van der Waals surface area contributed by atoms with E-state index in [1.807, 2.05) is 0 Å². The van der Waals surface area contributed by atoms with Crippen LogP contribution in [0, 0.1) is 17.8 Å². The summed E-state index contributed by atoms with van der Waals surface area (Å²) in [6.07, 6.45) is 62.3. The number of hydrogen-bond acceptors (Lipinski definition) is 15. The van der Waals surface area contributed by atoms with Crippen LogP contribution in [0.5, 0.6) is 0 Å². The number of hydrogen-bond donors (Lipinski definition) is 3. The summed E-state index contributed by atoms with van der Waals surface area (Å²) in [4.78, 5) is 73.2. The molecule has 0 aromatic rings. The van der Waals surface area contributed by atoms with Crippen molar-refractivity contribution in [1.29, 1.82) is 0 Å². The molecule has 3 N–H and O–H groups in total. The SMILES string of the molecule is CCCCCCCCCCCCCCCCCCC(=O)OC[C@H](COP(=O)(O)OC[C@@H](O)COP(=O)(O)OC[C@@H](COC(=O)CCCCCCCCCCC(C)CC)OC(=O)CCCCCCCCCCCCCCC(C)C)OC(=O)CCCCCCCCCCCCCCCCCCC(C)C. The predicted molar refractivity (Wildman–Crippen MR) is 418 cm³/mol. The highest BCUT2D eigenvalue weighted by atomic mass is 31.2. The van der Waals surface area contributed by atoms with Crippen LogP contribution in [0.4, 0.5) is 0 Å². The lowest BCUT2D eigenvalue weighted by atomic mass is 9.99. The zero-order valence-electron chi connectivity index (χ0n) is 67.1. The maximum absolute atomic E-state index is 13.1. The van der Waals surface area contributed by atoms with E-state index in [1.165, 1.54) is 244 Å². The Morgan fingerprint density at radius 3 is 0.745 bits per heavy atom. The minimum atomic E-state index is -4.96. The van der Waals surface area contributed by atoms with Gasteiger partial charge in [0.25, 0.3) is 0 Å². The van der Waals surface area contributed by atoms with Crippen LogP contribution in [0.2, 0.25) is 0 Å². The first-order valence-electron chi connectivity index (χ1n) is 42.9. The Labute approximate surface area is 626 Å². The molecule has 0 amide bonds. The lowest BCUT2D eigenvalue weighted by molar-refractivity contribution is -0.161. The summed E-state index contributed by atoms with van der Waals surface area (Å²) < 4.78 is 68.8. The van der Waals surface area contributed by atoms with Gasteiger partial charge < -0.3 is 33.8 Å². The standard InChI is InChI=1S/C83H162O17P2/c1-8-10-11-12-13-14-15-16-17-21-24-30-35-43-50-57-64-80(85)93-70-78(99-82(87)66-59-52-45-36-31-25-22-19-18-20-23-28-33-40-47-54-61-74(3)4)72-97-101(89,90)95-68-77(84)69-96-102(91,92)98-73-79(71-94-81(86)65-58-51-44-39-38-42-49-56-63-76(7)9-2)100-83(88)67-60-53-46-37-32-27-26-29-34-41-48-55-62-75(5)6/h74-79,84H,8-73H2,1-7H3,(H,89,90)(H,91,92)/t76?,77-,78-,79-/m1/s1. The van der Waals surface area contributed by atoms with Crippen molar-refractivity contribution in [2.75, 3.05) is 39.6 Å². The molecule has 0 aliphatic carbocycles. The molecular formula is C83H162O17P2. The van der Waals surface area contributed by atoms with Crippen LogP contribution >= 0.6 is 15.6 Å². The monoisotopic (exact) mass is 1490 g/mol. The van der Waals surface area contributed by atoms with Gasteiger partial charge in [0.05, 0.1) is 26.4 Å². The highest BCUT2D eigenvalue weighted by molar-refractivity contribution is 7.47. The van der Waals surface area contributed by atoms with E-state index in [0.717, 1.165) is 108 Å². The van der Waals surface area contributed by atoms with Crippen molar-refractivity contribution in [2.45, 2.75) is 452 Å². The number of ether oxygens (including phenoxy) is 4. The Hall–Kier alpha value is -1.94. The van der Waals surface area contributed by atoms with Crippen LogP contribution in [-0.2, 0) is 65.4 Å². The van der Waals surface area contributed by atoms with Gasteiger partial charge in [-0.25, -0.2) is 9.13 Å². The fraction of sp³-hybridized carbons (Fsp3) is 0.952. The van der Waals surface area contributed by atoms with Crippen LogP contribution in [0.3, 0.4) is 0 Å². The molecule has 0 aromatic heterocycles. The number of phosphoric acid groups is 2. The summed E-state index contributed by atoms with van der Waals surface area (Å²) in [7, 11) is -9.93. The first kappa shape index (κ1) is 100. The van der Waals surface area contributed by atoms with Crippen LogP contribution in [0.15, 0.2) is 0 Å². The summed E-state index contributed by atoms with van der Waals surface area (Å²) in [6, 6.07) is 0. The molecule has 0 spiro atoms. The van der Waals surface area contributed by atoms with E-state index < -0.39 is 97.5 Å². The number of esters is 4. The molecule has 606 valence electrons. The molecule has 0 rings (SSSR count). The Morgan fingerprint density at radius 2 is 0.500 bits per heavy atom. The molecule has 0 fully saturated rings. The Balaban J connectivity index is 5.27. The van der Waals surface area contributed by atoms with Gasteiger partial charge in [0, 0.05) is 25.7 Å². The van der Waals surface area contributed by atoms with Crippen molar-refractivity contribution >= 4 is 39.5 Å². The average Bonchev–Trinajstić information content (AvgIpc) is 0.917. The molecule has 3 unspecified atom stereocenters. The van der Waals surface area contributed by atoms with E-state index in [-0.39, 0.29) is 25.7 Å². The van der Waals surface area contributed by atoms with Crippen molar-refractivity contribution in [2.24, 2.45) is 17.8 Å². The molecule has 0 aliphatic heterocycles. The third-order valence-corrected chi connectivity index (χ3v) is 21.6. The van der Waals surface area contributed by atoms with Crippen molar-refractivity contribution in [1.82, 2.24) is 0 Å². The molecule has 0 heterocycles. The number of aliphatic hydroxyl groups is 1. The Bertz CT molecular complexity index is 1980. The molecule has 0 saturated carbocycles. The Morgan fingerprint density at radius 1 is 0.284 bits per heavy atom. The molecule has 6 atom stereocenters. The zero-order chi connectivity index (χ0) is 75.1. The van der Waals surface area contributed by atoms with Gasteiger partial charge >= 0.3 is 39.5 Å². The van der Waals surface area contributed by atoms with Gasteiger partial charge in [0.1, 0.15) is 19.3 Å². The molecule has 0 radical (unpaired) electrons. The van der Waals surface area contributed by atoms with Gasteiger partial charge in [0.2, 0.25) is 0 Å². The Kier molecular flexibility index (Phi) is 71.8. The normalized spacial score (nSPS) is 14.2. The highest BCUT2D eigenvalue weighted by Gasteiger charge is 2.30.